The number of hydrogen-bond donors (Lipinski definition) is 1. The first-order valence-electron chi connectivity index (χ1n) is 10.3. The summed E-state index contributed by atoms with van der Waals surface area (Å²) in [6, 6.07) is 28.7. The molecule has 0 saturated carbocycles. The first-order chi connectivity index (χ1) is 16.1. The van der Waals surface area contributed by atoms with E-state index in [1.807, 2.05) is 66.7 Å². The largest absolute Gasteiger partial charge is 0.456 e. The van der Waals surface area contributed by atoms with Gasteiger partial charge in [0.05, 0.1) is 4.92 Å². The predicted octanol–water partition coefficient (Wildman–Crippen LogP) is 6.67. The summed E-state index contributed by atoms with van der Waals surface area (Å²) in [4.78, 5) is 24.0. The van der Waals surface area contributed by atoms with E-state index >= 15 is 0 Å². The van der Waals surface area contributed by atoms with E-state index in [9.17, 15) is 14.9 Å². The Morgan fingerprint density at radius 1 is 0.818 bits per heavy atom. The molecule has 0 aliphatic rings. The monoisotopic (exact) mass is 434 g/mol. The van der Waals surface area contributed by atoms with Gasteiger partial charge in [0.25, 0.3) is 11.6 Å². The fourth-order valence-corrected chi connectivity index (χ4v) is 3.79. The van der Waals surface area contributed by atoms with Crippen LogP contribution in [0.4, 0.5) is 11.4 Å². The highest BCUT2D eigenvalue weighted by Crippen LogP contribution is 2.31. The first-order valence-corrected chi connectivity index (χ1v) is 10.3. The van der Waals surface area contributed by atoms with Gasteiger partial charge in [-0.2, -0.15) is 0 Å². The quantitative estimate of drug-likeness (QED) is 0.145. The van der Waals surface area contributed by atoms with Gasteiger partial charge in [-0.25, -0.2) is 0 Å². The van der Waals surface area contributed by atoms with Crippen LogP contribution in [0.5, 0.6) is 0 Å². The molecule has 1 N–H and O–H groups in total. The number of furan rings is 1. The van der Waals surface area contributed by atoms with Crippen LogP contribution in [0.15, 0.2) is 101 Å². The van der Waals surface area contributed by atoms with Crippen LogP contribution in [0, 0.1) is 10.1 Å². The van der Waals surface area contributed by atoms with Crippen molar-refractivity contribution in [2.24, 2.45) is 0 Å². The second kappa shape index (κ2) is 8.43. The van der Waals surface area contributed by atoms with Crippen molar-refractivity contribution < 1.29 is 14.1 Å². The minimum Gasteiger partial charge on any atom is -0.456 e. The van der Waals surface area contributed by atoms with Crippen LogP contribution in [0.25, 0.3) is 33.6 Å². The molecule has 5 rings (SSSR count). The Labute approximate surface area is 188 Å². The van der Waals surface area contributed by atoms with E-state index in [1.165, 1.54) is 12.1 Å². The number of rotatable bonds is 5. The lowest BCUT2D eigenvalue weighted by molar-refractivity contribution is -0.384. The third-order valence-electron chi connectivity index (χ3n) is 5.36. The van der Waals surface area contributed by atoms with Crippen molar-refractivity contribution in [3.05, 3.63) is 118 Å². The smallest absolute Gasteiger partial charge is 0.270 e. The summed E-state index contributed by atoms with van der Waals surface area (Å²) in [5.74, 6) is -0.330. The molecule has 1 aromatic heterocycles. The average molecular weight is 434 g/mol. The average Bonchev–Trinajstić information content (AvgIpc) is 3.21. The number of nitrogens with one attached hydrogen (secondary N) is 1. The van der Waals surface area contributed by atoms with Gasteiger partial charge in [0.15, 0.2) is 0 Å². The Morgan fingerprint density at radius 3 is 2.39 bits per heavy atom. The number of nitro groups is 1. The SMILES string of the molecule is O=C(Nc1ccc2c(c1)oc1ccccc12)/C(=C/c1cccc([N+](=O)[O-])c1)c1ccccc1. The lowest BCUT2D eigenvalue weighted by atomic mass is 10.0. The van der Waals surface area contributed by atoms with E-state index in [0.717, 1.165) is 16.4 Å². The molecule has 6 heteroatoms. The van der Waals surface area contributed by atoms with Crippen LogP contribution in [0.1, 0.15) is 11.1 Å². The van der Waals surface area contributed by atoms with Crippen molar-refractivity contribution in [2.75, 3.05) is 5.32 Å². The van der Waals surface area contributed by atoms with E-state index < -0.39 is 4.92 Å². The molecule has 0 aliphatic carbocycles. The van der Waals surface area contributed by atoms with Crippen molar-refractivity contribution in [3.8, 4) is 0 Å². The highest BCUT2D eigenvalue weighted by molar-refractivity contribution is 6.29. The third kappa shape index (κ3) is 4.09. The summed E-state index contributed by atoms with van der Waals surface area (Å²) >= 11 is 0. The number of carbonyl (C=O) groups is 1. The molecular formula is C27H18N2O4. The number of non-ortho nitro benzene ring substituents is 1. The van der Waals surface area contributed by atoms with Crippen LogP contribution < -0.4 is 5.32 Å². The van der Waals surface area contributed by atoms with Gasteiger partial charge in [0.1, 0.15) is 11.2 Å². The van der Waals surface area contributed by atoms with Gasteiger partial charge in [0, 0.05) is 40.2 Å². The second-order valence-corrected chi connectivity index (χ2v) is 7.54. The fourth-order valence-electron chi connectivity index (χ4n) is 3.79. The molecule has 0 saturated heterocycles. The van der Waals surface area contributed by atoms with Gasteiger partial charge in [0.2, 0.25) is 0 Å². The van der Waals surface area contributed by atoms with Gasteiger partial charge >= 0.3 is 0 Å². The Balaban J connectivity index is 1.52. The number of benzene rings is 4. The van der Waals surface area contributed by atoms with E-state index in [-0.39, 0.29) is 11.6 Å². The maximum atomic E-state index is 13.3. The Kier molecular flexibility index (Phi) is 5.16. The molecule has 0 atom stereocenters. The molecule has 6 nitrogen and oxygen atoms in total. The molecule has 0 fully saturated rings. The highest BCUT2D eigenvalue weighted by Gasteiger charge is 2.15. The summed E-state index contributed by atoms with van der Waals surface area (Å²) in [5.41, 5.74) is 3.67. The van der Waals surface area contributed by atoms with Gasteiger partial charge < -0.3 is 9.73 Å². The zero-order valence-electron chi connectivity index (χ0n) is 17.4. The van der Waals surface area contributed by atoms with Crippen molar-refractivity contribution in [1.29, 1.82) is 0 Å². The number of hydrogen-bond acceptors (Lipinski definition) is 4. The molecule has 5 aromatic rings. The Morgan fingerprint density at radius 2 is 1.58 bits per heavy atom. The number of para-hydroxylation sites is 1. The molecule has 0 radical (unpaired) electrons. The van der Waals surface area contributed by atoms with Gasteiger partial charge in [-0.15, -0.1) is 0 Å². The number of amides is 1. The van der Waals surface area contributed by atoms with Crippen molar-refractivity contribution in [3.63, 3.8) is 0 Å². The molecule has 0 unspecified atom stereocenters. The molecule has 33 heavy (non-hydrogen) atoms. The second-order valence-electron chi connectivity index (χ2n) is 7.54. The zero-order valence-corrected chi connectivity index (χ0v) is 17.4. The standard InChI is InChI=1S/C27H18N2O4/c30-27(28-20-13-14-23-22-11-4-5-12-25(22)33-26(23)17-20)24(19-8-2-1-3-9-19)16-18-7-6-10-21(15-18)29(31)32/h1-17H,(H,28,30)/b24-16+. The molecular weight excluding hydrogens is 416 g/mol. The summed E-state index contributed by atoms with van der Waals surface area (Å²) < 4.78 is 5.92. The molecule has 160 valence electrons. The number of fused-ring (bicyclic) bond motifs is 3. The van der Waals surface area contributed by atoms with E-state index in [1.54, 1.807) is 24.3 Å². The first kappa shape index (κ1) is 20.2. The molecule has 0 spiro atoms. The van der Waals surface area contributed by atoms with Crippen LogP contribution >= 0.6 is 0 Å². The lowest BCUT2D eigenvalue weighted by Gasteiger charge is -2.10. The predicted molar refractivity (Wildman–Crippen MR) is 130 cm³/mol. The van der Waals surface area contributed by atoms with Crippen molar-refractivity contribution in [1.82, 2.24) is 0 Å². The Hall–Kier alpha value is -4.71. The fraction of sp³-hybridized carbons (Fsp3) is 0. The highest BCUT2D eigenvalue weighted by atomic mass is 16.6. The van der Waals surface area contributed by atoms with Crippen LogP contribution in [0.2, 0.25) is 0 Å². The van der Waals surface area contributed by atoms with Crippen LogP contribution in [0.3, 0.4) is 0 Å². The minimum absolute atomic E-state index is 0.0353. The van der Waals surface area contributed by atoms with Gasteiger partial charge in [-0.3, -0.25) is 14.9 Å². The molecule has 0 bridgehead atoms. The van der Waals surface area contributed by atoms with Crippen LogP contribution in [-0.2, 0) is 4.79 Å². The normalized spacial score (nSPS) is 11.6. The van der Waals surface area contributed by atoms with Crippen molar-refractivity contribution in [2.45, 2.75) is 0 Å². The zero-order chi connectivity index (χ0) is 22.8. The van der Waals surface area contributed by atoms with Crippen molar-refractivity contribution >= 4 is 50.9 Å². The summed E-state index contributed by atoms with van der Waals surface area (Å²) in [6.45, 7) is 0. The third-order valence-corrected chi connectivity index (χ3v) is 5.36. The number of carbonyl (C=O) groups excluding carboxylic acids is 1. The number of anilines is 1. The maximum Gasteiger partial charge on any atom is 0.270 e. The van der Waals surface area contributed by atoms with E-state index in [0.29, 0.717) is 28.0 Å². The summed E-state index contributed by atoms with van der Waals surface area (Å²) in [6.07, 6.45) is 1.65. The molecule has 0 aliphatic heterocycles. The molecule has 4 aromatic carbocycles. The van der Waals surface area contributed by atoms with E-state index in [4.69, 9.17) is 4.42 Å². The summed E-state index contributed by atoms with van der Waals surface area (Å²) in [5, 5.41) is 16.1. The van der Waals surface area contributed by atoms with E-state index in [2.05, 4.69) is 5.32 Å². The van der Waals surface area contributed by atoms with Gasteiger partial charge in [-0.05, 0) is 35.4 Å². The minimum atomic E-state index is -0.456. The number of nitrogens with zero attached hydrogens (tertiary/aromatic N) is 1. The Bertz CT molecular complexity index is 1530. The lowest BCUT2D eigenvalue weighted by Crippen LogP contribution is -2.13. The topological polar surface area (TPSA) is 85.4 Å². The van der Waals surface area contributed by atoms with Crippen LogP contribution in [-0.4, -0.2) is 10.8 Å². The molecule has 1 heterocycles. The maximum absolute atomic E-state index is 13.3. The number of nitro benzene ring substituents is 1. The van der Waals surface area contributed by atoms with Gasteiger partial charge in [-0.1, -0.05) is 60.7 Å². The summed E-state index contributed by atoms with van der Waals surface area (Å²) in [7, 11) is 0. The molecule has 1 amide bonds.